The minimum absolute atomic E-state index is 0.621. The Labute approximate surface area is 130 Å². The van der Waals surface area contributed by atoms with Gasteiger partial charge in [0.2, 0.25) is 0 Å². The van der Waals surface area contributed by atoms with Crippen LogP contribution >= 0.6 is 23.2 Å². The van der Waals surface area contributed by atoms with Crippen LogP contribution in [0.25, 0.3) is 15.9 Å². The number of hydrogen-bond donors (Lipinski definition) is 0. The van der Waals surface area contributed by atoms with Gasteiger partial charge in [0.25, 0.3) is 0 Å². The lowest BCUT2D eigenvalue weighted by atomic mass is 10.2. The van der Waals surface area contributed by atoms with Crippen LogP contribution in [0.2, 0.25) is 10.0 Å². The maximum absolute atomic E-state index is 6.50. The molecule has 20 heavy (non-hydrogen) atoms. The normalized spacial score (nSPS) is 10.5. The molecule has 2 aromatic carbocycles. The first-order valence-electron chi connectivity index (χ1n) is 6.36. The zero-order chi connectivity index (χ0) is 13.9. The van der Waals surface area contributed by atoms with E-state index in [1.807, 2.05) is 30.3 Å². The molecular weight excluding hydrogens is 303 g/mol. The molecule has 98 valence electrons. The van der Waals surface area contributed by atoms with Gasteiger partial charge >= 0.3 is 0 Å². The van der Waals surface area contributed by atoms with E-state index in [0.717, 1.165) is 10.7 Å². The molecule has 0 aliphatic carbocycles. The van der Waals surface area contributed by atoms with Crippen molar-refractivity contribution in [2.24, 2.45) is 0 Å². The van der Waals surface area contributed by atoms with E-state index in [0.29, 0.717) is 10.0 Å². The Morgan fingerprint density at radius 2 is 1.30 bits per heavy atom. The molecule has 3 aromatic rings. The fraction of sp³-hybridized carbons (Fsp3) is 0. The standard InChI is InChI=1S/C17H12Cl2Si/c18-15-11-12-20(14-9-5-2-6-10-14)17(16(15)19)13-7-3-1-4-8-13/h1-12H. The predicted octanol–water partition coefficient (Wildman–Crippen LogP) is 5.68. The highest BCUT2D eigenvalue weighted by Crippen LogP contribution is 2.34. The van der Waals surface area contributed by atoms with Crippen LogP contribution in [0, 0.1) is 0 Å². The molecule has 1 aromatic heterocycles. The second kappa shape index (κ2) is 5.92. The summed E-state index contributed by atoms with van der Waals surface area (Å²) < 4.78 is 0. The second-order valence-corrected chi connectivity index (χ2v) is 7.54. The molecule has 1 heterocycles. The Balaban J connectivity index is 2.29. The zero-order valence-corrected chi connectivity index (χ0v) is 13.2. The smallest absolute Gasteiger partial charge is 0.0827 e. The van der Waals surface area contributed by atoms with Crippen LogP contribution in [0.4, 0.5) is 0 Å². The first-order valence-corrected chi connectivity index (χ1v) is 8.69. The largest absolute Gasteiger partial charge is 0.0829 e. The Morgan fingerprint density at radius 3 is 1.95 bits per heavy atom. The third kappa shape index (κ3) is 2.57. The molecule has 0 amide bonds. The van der Waals surface area contributed by atoms with Gasteiger partial charge in [0.1, 0.15) is 0 Å². The molecular formula is C17H12Cl2Si. The van der Waals surface area contributed by atoms with Crippen molar-refractivity contribution in [3.63, 3.8) is 0 Å². The highest BCUT2D eigenvalue weighted by Gasteiger charge is 2.14. The molecule has 0 saturated heterocycles. The van der Waals surface area contributed by atoms with E-state index < -0.39 is 8.40 Å². The first kappa shape index (κ1) is 13.6. The minimum Gasteiger partial charge on any atom is -0.0827 e. The number of rotatable bonds is 2. The SMILES string of the molecule is Clc1cc[si](-c2ccccc2)c(-c2ccccc2)c1Cl. The highest BCUT2D eigenvalue weighted by molar-refractivity contribution is 6.73. The van der Waals surface area contributed by atoms with Gasteiger partial charge in [0.15, 0.2) is 0 Å². The summed E-state index contributed by atoms with van der Waals surface area (Å²) in [6.07, 6.45) is 0. The van der Waals surface area contributed by atoms with Gasteiger partial charge in [0.05, 0.1) is 18.4 Å². The lowest BCUT2D eigenvalue weighted by Gasteiger charge is -2.13. The third-order valence-corrected chi connectivity index (χ3v) is 6.74. The molecule has 0 bridgehead atoms. The molecule has 0 saturated carbocycles. The molecule has 0 fully saturated rings. The van der Waals surface area contributed by atoms with Crippen molar-refractivity contribution < 1.29 is 0 Å². The maximum Gasteiger partial charge on any atom is 0.0829 e. The fourth-order valence-electron chi connectivity index (χ4n) is 2.30. The van der Waals surface area contributed by atoms with Crippen molar-refractivity contribution in [1.82, 2.24) is 0 Å². The van der Waals surface area contributed by atoms with Crippen LogP contribution in [-0.4, -0.2) is 8.40 Å². The van der Waals surface area contributed by atoms with Gasteiger partial charge in [-0.15, -0.1) is 0 Å². The van der Waals surface area contributed by atoms with Gasteiger partial charge in [-0.25, -0.2) is 0 Å². The third-order valence-electron chi connectivity index (χ3n) is 3.24. The van der Waals surface area contributed by atoms with Crippen molar-refractivity contribution in [1.29, 1.82) is 0 Å². The Bertz CT molecular complexity index is 725. The number of hydrogen-bond acceptors (Lipinski definition) is 0. The van der Waals surface area contributed by atoms with E-state index >= 15 is 0 Å². The first-order chi connectivity index (χ1) is 9.77. The van der Waals surface area contributed by atoms with Gasteiger partial charge < -0.3 is 0 Å². The maximum atomic E-state index is 6.50. The molecule has 0 radical (unpaired) electrons. The van der Waals surface area contributed by atoms with Crippen molar-refractivity contribution in [2.75, 3.05) is 0 Å². The summed E-state index contributed by atoms with van der Waals surface area (Å²) >= 11 is 12.7. The van der Waals surface area contributed by atoms with Gasteiger partial charge in [0, 0.05) is 0 Å². The Kier molecular flexibility index (Phi) is 4.02. The van der Waals surface area contributed by atoms with Crippen LogP contribution in [0.3, 0.4) is 0 Å². The monoisotopic (exact) mass is 314 g/mol. The van der Waals surface area contributed by atoms with Crippen molar-refractivity contribution in [3.8, 4) is 15.9 Å². The van der Waals surface area contributed by atoms with E-state index in [2.05, 4.69) is 42.1 Å². The van der Waals surface area contributed by atoms with E-state index in [-0.39, 0.29) is 0 Å². The number of benzene rings is 2. The van der Waals surface area contributed by atoms with Gasteiger partial charge in [-0.1, -0.05) is 89.5 Å². The molecule has 0 spiro atoms. The second-order valence-electron chi connectivity index (χ2n) is 4.52. The highest BCUT2D eigenvalue weighted by atomic mass is 35.5. The summed E-state index contributed by atoms with van der Waals surface area (Å²) in [5, 5.41) is 3.78. The molecule has 3 heteroatoms. The van der Waals surface area contributed by atoms with Crippen LogP contribution in [0.5, 0.6) is 0 Å². The van der Waals surface area contributed by atoms with E-state index in [4.69, 9.17) is 23.2 Å². The molecule has 3 rings (SSSR count). The quantitative estimate of drug-likeness (QED) is 0.534. The summed E-state index contributed by atoms with van der Waals surface area (Å²) in [7, 11) is -1.04. The Hall–Kier alpha value is -1.41. The zero-order valence-electron chi connectivity index (χ0n) is 10.7. The molecule has 0 atom stereocenters. The van der Waals surface area contributed by atoms with Gasteiger partial charge in [-0.3, -0.25) is 0 Å². The summed E-state index contributed by atoms with van der Waals surface area (Å²) in [5.74, 6) is 0. The lowest BCUT2D eigenvalue weighted by molar-refractivity contribution is 1.67. The molecule has 0 N–H and O–H groups in total. The summed E-state index contributed by atoms with van der Waals surface area (Å²) in [4.78, 5) is 0. The van der Waals surface area contributed by atoms with Crippen molar-refractivity contribution in [2.45, 2.75) is 0 Å². The fourth-order valence-corrected chi connectivity index (χ4v) is 5.50. The summed E-state index contributed by atoms with van der Waals surface area (Å²) in [6, 6.07) is 22.7. The molecule has 0 aliphatic rings. The lowest BCUT2D eigenvalue weighted by Crippen LogP contribution is -2.02. The van der Waals surface area contributed by atoms with Crippen molar-refractivity contribution >= 4 is 31.6 Å². The van der Waals surface area contributed by atoms with Crippen LogP contribution in [0.1, 0.15) is 0 Å². The van der Waals surface area contributed by atoms with E-state index in [9.17, 15) is 0 Å². The molecule has 0 aliphatic heterocycles. The van der Waals surface area contributed by atoms with Crippen molar-refractivity contribution in [3.05, 3.63) is 82.5 Å². The minimum atomic E-state index is -1.04. The molecule has 0 unspecified atom stereocenters. The number of halogens is 2. The van der Waals surface area contributed by atoms with Gasteiger partial charge in [-0.05, 0) is 22.0 Å². The predicted molar refractivity (Wildman–Crippen MR) is 89.2 cm³/mol. The molecule has 0 nitrogen and oxygen atoms in total. The van der Waals surface area contributed by atoms with Gasteiger partial charge in [-0.2, -0.15) is 0 Å². The Morgan fingerprint density at radius 1 is 0.700 bits per heavy atom. The summed E-state index contributed by atoms with van der Waals surface area (Å²) in [5.41, 5.74) is 3.36. The van der Waals surface area contributed by atoms with Crippen LogP contribution < -0.4 is 0 Å². The van der Waals surface area contributed by atoms with Crippen LogP contribution in [-0.2, 0) is 0 Å². The topological polar surface area (TPSA) is 0 Å². The van der Waals surface area contributed by atoms with E-state index in [1.54, 1.807) is 0 Å². The van der Waals surface area contributed by atoms with E-state index in [1.165, 1.54) is 5.19 Å². The van der Waals surface area contributed by atoms with Crippen LogP contribution in [0.15, 0.2) is 72.4 Å². The summed E-state index contributed by atoms with van der Waals surface area (Å²) in [6.45, 7) is 0. The average Bonchev–Trinajstić information content (AvgIpc) is 2.51. The average molecular weight is 315 g/mol.